The molecule has 182 valence electrons. The zero-order chi connectivity index (χ0) is 23.3. The average Bonchev–Trinajstić information content (AvgIpc) is 2.72. The van der Waals surface area contributed by atoms with Gasteiger partial charge in [-0.05, 0) is 120 Å². The van der Waals surface area contributed by atoms with E-state index in [1.165, 1.54) is 50.5 Å². The standard InChI is InChI=1S/C30H50O2/c1-19-20(18-31)10-13-27(4)16-17-29(6)21(25(19)27)8-9-23-28(5)14-12-24(32)26(2,3)22(28)11-15-30(23,29)7/h10,19,21-25,31-32H,8-9,11-18H2,1-7H3/t19-,21?,22?,23?,24+,25?,27-,28+,29-,30-/m1/s1. The second-order valence-electron chi connectivity index (χ2n) is 14.7. The Hall–Kier alpha value is -0.340. The normalized spacial score (nSPS) is 56.8. The lowest BCUT2D eigenvalue weighted by Crippen LogP contribution is -2.67. The molecule has 5 aliphatic carbocycles. The van der Waals surface area contributed by atoms with E-state index < -0.39 is 0 Å². The van der Waals surface area contributed by atoms with E-state index in [0.717, 1.165) is 24.7 Å². The van der Waals surface area contributed by atoms with Crippen LogP contribution in [0.1, 0.15) is 106 Å². The Labute approximate surface area is 197 Å². The van der Waals surface area contributed by atoms with Crippen LogP contribution in [0.3, 0.4) is 0 Å². The Morgan fingerprint density at radius 1 is 0.844 bits per heavy atom. The molecular weight excluding hydrogens is 392 g/mol. The molecule has 5 aliphatic rings. The lowest BCUT2D eigenvalue weighted by Gasteiger charge is -2.73. The summed E-state index contributed by atoms with van der Waals surface area (Å²) in [6.07, 6.45) is 13.7. The van der Waals surface area contributed by atoms with E-state index in [0.29, 0.717) is 39.4 Å². The highest BCUT2D eigenvalue weighted by molar-refractivity contribution is 5.23. The summed E-state index contributed by atoms with van der Waals surface area (Å²) in [7, 11) is 0. The molecule has 0 saturated heterocycles. The molecule has 2 heteroatoms. The van der Waals surface area contributed by atoms with Gasteiger partial charge in [0.25, 0.3) is 0 Å². The minimum Gasteiger partial charge on any atom is -0.393 e. The quantitative estimate of drug-likeness (QED) is 0.429. The molecule has 2 nitrogen and oxygen atoms in total. The number of hydrogen-bond acceptors (Lipinski definition) is 2. The van der Waals surface area contributed by atoms with Crippen molar-refractivity contribution in [2.24, 2.45) is 56.7 Å². The second-order valence-corrected chi connectivity index (χ2v) is 14.7. The van der Waals surface area contributed by atoms with Crippen LogP contribution in [-0.4, -0.2) is 22.9 Å². The highest BCUT2D eigenvalue weighted by Gasteiger charge is 2.69. The number of allylic oxidation sites excluding steroid dienone is 1. The van der Waals surface area contributed by atoms with E-state index in [9.17, 15) is 10.2 Å². The van der Waals surface area contributed by atoms with Crippen molar-refractivity contribution in [1.29, 1.82) is 0 Å². The minimum atomic E-state index is -0.140. The molecule has 32 heavy (non-hydrogen) atoms. The molecule has 4 unspecified atom stereocenters. The first-order valence-corrected chi connectivity index (χ1v) is 13.8. The van der Waals surface area contributed by atoms with Gasteiger partial charge in [-0.3, -0.25) is 0 Å². The van der Waals surface area contributed by atoms with Crippen LogP contribution in [-0.2, 0) is 0 Å². The van der Waals surface area contributed by atoms with Gasteiger partial charge in [-0.1, -0.05) is 54.5 Å². The molecular formula is C30H50O2. The number of aliphatic hydroxyl groups is 2. The average molecular weight is 443 g/mol. The predicted molar refractivity (Wildman–Crippen MR) is 132 cm³/mol. The first-order valence-electron chi connectivity index (χ1n) is 13.8. The maximum absolute atomic E-state index is 10.9. The predicted octanol–water partition coefficient (Wildman–Crippen LogP) is 7.00. The summed E-state index contributed by atoms with van der Waals surface area (Å²) in [5.41, 5.74) is 2.89. The van der Waals surface area contributed by atoms with Crippen molar-refractivity contribution >= 4 is 0 Å². The number of aliphatic hydroxyl groups excluding tert-OH is 2. The van der Waals surface area contributed by atoms with E-state index in [4.69, 9.17) is 0 Å². The molecule has 2 N–H and O–H groups in total. The zero-order valence-corrected chi connectivity index (χ0v) is 22.0. The van der Waals surface area contributed by atoms with E-state index in [1.54, 1.807) is 0 Å². The van der Waals surface area contributed by atoms with Gasteiger partial charge >= 0.3 is 0 Å². The van der Waals surface area contributed by atoms with Gasteiger partial charge in [-0.25, -0.2) is 0 Å². The van der Waals surface area contributed by atoms with E-state index in [2.05, 4.69) is 54.5 Å². The van der Waals surface area contributed by atoms with E-state index >= 15 is 0 Å². The van der Waals surface area contributed by atoms with Crippen molar-refractivity contribution in [3.63, 3.8) is 0 Å². The van der Waals surface area contributed by atoms with Crippen molar-refractivity contribution in [2.45, 2.75) is 112 Å². The zero-order valence-electron chi connectivity index (χ0n) is 22.0. The Morgan fingerprint density at radius 3 is 2.25 bits per heavy atom. The van der Waals surface area contributed by atoms with Gasteiger partial charge in [0.15, 0.2) is 0 Å². The first kappa shape index (κ1) is 23.4. The van der Waals surface area contributed by atoms with Gasteiger partial charge in [0.05, 0.1) is 12.7 Å². The van der Waals surface area contributed by atoms with Crippen LogP contribution in [0.25, 0.3) is 0 Å². The van der Waals surface area contributed by atoms with Crippen LogP contribution in [0, 0.1) is 56.7 Å². The van der Waals surface area contributed by atoms with Gasteiger partial charge < -0.3 is 10.2 Å². The second kappa shape index (κ2) is 7.09. The Balaban J connectivity index is 1.54. The fraction of sp³-hybridized carbons (Fsp3) is 0.933. The number of hydrogen-bond donors (Lipinski definition) is 2. The molecule has 0 aliphatic heterocycles. The molecule has 4 fully saturated rings. The van der Waals surface area contributed by atoms with Crippen LogP contribution in [0.15, 0.2) is 11.6 Å². The van der Waals surface area contributed by atoms with Gasteiger partial charge in [-0.2, -0.15) is 0 Å². The molecule has 0 radical (unpaired) electrons. The van der Waals surface area contributed by atoms with Crippen molar-refractivity contribution < 1.29 is 10.2 Å². The number of rotatable bonds is 1. The van der Waals surface area contributed by atoms with E-state index in [1.807, 2.05) is 0 Å². The summed E-state index contributed by atoms with van der Waals surface area (Å²) < 4.78 is 0. The fourth-order valence-electron chi connectivity index (χ4n) is 11.4. The Morgan fingerprint density at radius 2 is 1.56 bits per heavy atom. The summed E-state index contributed by atoms with van der Waals surface area (Å²) >= 11 is 0. The first-order chi connectivity index (χ1) is 14.8. The maximum Gasteiger partial charge on any atom is 0.0644 e. The molecule has 4 saturated carbocycles. The summed E-state index contributed by atoms with van der Waals surface area (Å²) in [6.45, 7) is 18.0. The van der Waals surface area contributed by atoms with Gasteiger partial charge in [0, 0.05) is 0 Å². The molecule has 10 atom stereocenters. The monoisotopic (exact) mass is 442 g/mol. The fourth-order valence-corrected chi connectivity index (χ4v) is 11.4. The maximum atomic E-state index is 10.9. The molecule has 0 aromatic carbocycles. The largest absolute Gasteiger partial charge is 0.393 e. The summed E-state index contributed by atoms with van der Waals surface area (Å²) in [6, 6.07) is 0. The van der Waals surface area contributed by atoms with Gasteiger partial charge in [0.2, 0.25) is 0 Å². The lowest BCUT2D eigenvalue weighted by molar-refractivity contribution is -0.250. The smallest absolute Gasteiger partial charge is 0.0644 e. The van der Waals surface area contributed by atoms with Crippen LogP contribution < -0.4 is 0 Å². The molecule has 0 bridgehead atoms. The third-order valence-corrected chi connectivity index (χ3v) is 13.5. The van der Waals surface area contributed by atoms with Crippen molar-refractivity contribution in [3.8, 4) is 0 Å². The third-order valence-electron chi connectivity index (χ3n) is 13.5. The van der Waals surface area contributed by atoms with Crippen LogP contribution in [0.4, 0.5) is 0 Å². The van der Waals surface area contributed by atoms with Gasteiger partial charge in [-0.15, -0.1) is 0 Å². The highest BCUT2D eigenvalue weighted by atomic mass is 16.3. The Bertz CT molecular complexity index is 799. The molecule has 0 aromatic rings. The topological polar surface area (TPSA) is 40.5 Å². The lowest BCUT2D eigenvalue weighted by atomic mass is 9.31. The number of fused-ring (bicyclic) bond motifs is 7. The van der Waals surface area contributed by atoms with Gasteiger partial charge in [0.1, 0.15) is 0 Å². The third kappa shape index (κ3) is 2.72. The molecule has 0 heterocycles. The Kier molecular flexibility index (Phi) is 5.19. The van der Waals surface area contributed by atoms with E-state index in [-0.39, 0.29) is 18.1 Å². The SMILES string of the molecule is C[C@@H]1C(CO)=CC[C@]2(C)CC[C@]3(C)C(CCC4[C@@]5(C)CC[C@H](O)C(C)(C)C5CC[C@]43C)C12. The summed E-state index contributed by atoms with van der Waals surface area (Å²) in [4.78, 5) is 0. The van der Waals surface area contributed by atoms with Crippen LogP contribution >= 0.6 is 0 Å². The highest BCUT2D eigenvalue weighted by Crippen LogP contribution is 2.76. The molecule has 0 aromatic heterocycles. The van der Waals surface area contributed by atoms with Crippen LogP contribution in [0.2, 0.25) is 0 Å². The molecule has 0 spiro atoms. The molecule has 5 rings (SSSR count). The molecule has 0 amide bonds. The van der Waals surface area contributed by atoms with Crippen molar-refractivity contribution in [2.75, 3.05) is 6.61 Å². The summed E-state index contributed by atoms with van der Waals surface area (Å²) in [5, 5.41) is 21.0. The van der Waals surface area contributed by atoms with Crippen molar-refractivity contribution in [1.82, 2.24) is 0 Å². The minimum absolute atomic E-state index is 0.0376. The van der Waals surface area contributed by atoms with Crippen molar-refractivity contribution in [3.05, 3.63) is 11.6 Å². The van der Waals surface area contributed by atoms with Crippen LogP contribution in [0.5, 0.6) is 0 Å². The summed E-state index contributed by atoms with van der Waals surface area (Å²) in [5.74, 6) is 3.41.